The van der Waals surface area contributed by atoms with Gasteiger partial charge in [0.2, 0.25) is 5.91 Å². The summed E-state index contributed by atoms with van der Waals surface area (Å²) in [5.41, 5.74) is 0.938. The Labute approximate surface area is 166 Å². The molecule has 1 aliphatic rings. The molecular weight excluding hydrogens is 388 g/mol. The second kappa shape index (κ2) is 8.54. The fourth-order valence-corrected chi connectivity index (χ4v) is 3.45. The predicted molar refractivity (Wildman–Crippen MR) is 106 cm³/mol. The van der Waals surface area contributed by atoms with Gasteiger partial charge in [0, 0.05) is 24.7 Å². The summed E-state index contributed by atoms with van der Waals surface area (Å²) < 4.78 is 11.0. The van der Waals surface area contributed by atoms with Crippen LogP contribution in [-0.2, 0) is 4.79 Å². The smallest absolute Gasteiger partial charge is 0.254 e. The molecule has 0 aliphatic carbocycles. The number of fused-ring (bicyclic) bond motifs is 1. The monoisotopic (exact) mass is 406 g/mol. The van der Waals surface area contributed by atoms with Crippen LogP contribution < -0.4 is 14.8 Å². The number of hydrogen-bond donors (Lipinski definition) is 1. The molecule has 2 amide bonds. The molecule has 2 aromatic carbocycles. The molecule has 0 fully saturated rings. The number of nitrogens with zero attached hydrogens (tertiary/aromatic N) is 1. The molecule has 27 heavy (non-hydrogen) atoms. The van der Waals surface area contributed by atoms with E-state index in [0.29, 0.717) is 35.2 Å². The van der Waals surface area contributed by atoms with E-state index in [1.165, 1.54) is 16.7 Å². The summed E-state index contributed by atoms with van der Waals surface area (Å²) >= 11 is 7.56. The van der Waals surface area contributed by atoms with Crippen molar-refractivity contribution in [1.29, 1.82) is 0 Å². The summed E-state index contributed by atoms with van der Waals surface area (Å²) in [6.07, 6.45) is 0. The third-order valence-corrected chi connectivity index (χ3v) is 5.08. The average Bonchev–Trinajstić information content (AvgIpc) is 2.65. The summed E-state index contributed by atoms with van der Waals surface area (Å²) in [6.45, 7) is 1.07. The van der Waals surface area contributed by atoms with E-state index in [-0.39, 0.29) is 17.6 Å². The summed E-state index contributed by atoms with van der Waals surface area (Å²) in [4.78, 5) is 26.6. The van der Waals surface area contributed by atoms with Crippen molar-refractivity contribution in [2.45, 2.75) is 4.90 Å². The minimum Gasteiger partial charge on any atom is -0.486 e. The molecule has 1 heterocycles. The molecule has 2 aromatic rings. The molecule has 0 bridgehead atoms. The number of rotatable bonds is 5. The minimum absolute atomic E-state index is 0.169. The largest absolute Gasteiger partial charge is 0.486 e. The predicted octanol–water partition coefficient (Wildman–Crippen LogP) is 3.54. The highest BCUT2D eigenvalue weighted by molar-refractivity contribution is 8.00. The van der Waals surface area contributed by atoms with Gasteiger partial charge in [-0.1, -0.05) is 11.6 Å². The molecule has 8 heteroatoms. The Morgan fingerprint density at radius 3 is 2.56 bits per heavy atom. The van der Waals surface area contributed by atoms with Crippen molar-refractivity contribution < 1.29 is 19.1 Å². The van der Waals surface area contributed by atoms with Crippen LogP contribution in [0.25, 0.3) is 0 Å². The fraction of sp³-hybridized carbons (Fsp3) is 0.263. The summed E-state index contributed by atoms with van der Waals surface area (Å²) in [6, 6.07) is 10.4. The van der Waals surface area contributed by atoms with Gasteiger partial charge in [-0.05, 0) is 36.4 Å². The number of halogens is 1. The van der Waals surface area contributed by atoms with E-state index < -0.39 is 0 Å². The van der Waals surface area contributed by atoms with Crippen LogP contribution in [0.1, 0.15) is 10.4 Å². The Hall–Kier alpha value is -2.38. The Balaban J connectivity index is 1.58. The lowest BCUT2D eigenvalue weighted by Gasteiger charge is -2.18. The molecule has 1 N–H and O–H groups in total. The first-order valence-corrected chi connectivity index (χ1v) is 9.64. The zero-order valence-corrected chi connectivity index (χ0v) is 16.5. The Bertz CT molecular complexity index is 873. The zero-order chi connectivity index (χ0) is 19.4. The van der Waals surface area contributed by atoms with E-state index >= 15 is 0 Å². The molecule has 142 valence electrons. The lowest BCUT2D eigenvalue weighted by Crippen LogP contribution is -2.22. The molecule has 6 nitrogen and oxygen atoms in total. The van der Waals surface area contributed by atoms with Gasteiger partial charge in [0.1, 0.15) is 13.2 Å². The minimum atomic E-state index is -0.188. The first-order valence-electron chi connectivity index (χ1n) is 8.27. The SMILES string of the molecule is CN(C)C(=O)c1ccc(NC(=O)CSc2ccc3c(c2)OCCO3)cc1Cl. The van der Waals surface area contributed by atoms with Gasteiger partial charge in [0.15, 0.2) is 11.5 Å². The number of benzene rings is 2. The second-order valence-electron chi connectivity index (χ2n) is 6.04. The second-order valence-corrected chi connectivity index (χ2v) is 7.49. The number of nitrogens with one attached hydrogen (secondary N) is 1. The fourth-order valence-electron chi connectivity index (χ4n) is 2.47. The van der Waals surface area contributed by atoms with Crippen molar-refractivity contribution >= 4 is 40.9 Å². The topological polar surface area (TPSA) is 67.9 Å². The van der Waals surface area contributed by atoms with E-state index in [4.69, 9.17) is 21.1 Å². The number of carbonyl (C=O) groups is 2. The van der Waals surface area contributed by atoms with Crippen LogP contribution in [0.15, 0.2) is 41.3 Å². The molecule has 1 aliphatic heterocycles. The molecule has 0 radical (unpaired) electrons. The Morgan fingerprint density at radius 1 is 1.11 bits per heavy atom. The number of anilines is 1. The van der Waals surface area contributed by atoms with Crippen LogP contribution in [0, 0.1) is 0 Å². The highest BCUT2D eigenvalue weighted by atomic mass is 35.5. The highest BCUT2D eigenvalue weighted by Gasteiger charge is 2.15. The van der Waals surface area contributed by atoms with Crippen molar-refractivity contribution in [2.24, 2.45) is 0 Å². The summed E-state index contributed by atoms with van der Waals surface area (Å²) in [5, 5.41) is 3.08. The van der Waals surface area contributed by atoms with E-state index in [1.807, 2.05) is 18.2 Å². The number of amides is 2. The van der Waals surface area contributed by atoms with Gasteiger partial charge in [-0.25, -0.2) is 0 Å². The molecule has 0 saturated heterocycles. The maximum atomic E-state index is 12.2. The van der Waals surface area contributed by atoms with Gasteiger partial charge in [0.25, 0.3) is 5.91 Å². The number of ether oxygens (including phenoxy) is 2. The Morgan fingerprint density at radius 2 is 1.85 bits per heavy atom. The maximum Gasteiger partial charge on any atom is 0.254 e. The first-order chi connectivity index (χ1) is 12.9. The van der Waals surface area contributed by atoms with Gasteiger partial charge in [-0.15, -0.1) is 11.8 Å². The van der Waals surface area contributed by atoms with Crippen molar-refractivity contribution in [2.75, 3.05) is 38.4 Å². The van der Waals surface area contributed by atoms with Crippen LogP contribution in [0.4, 0.5) is 5.69 Å². The van der Waals surface area contributed by atoms with Crippen molar-refractivity contribution in [1.82, 2.24) is 4.90 Å². The van der Waals surface area contributed by atoms with Crippen LogP contribution >= 0.6 is 23.4 Å². The van der Waals surface area contributed by atoms with Crippen LogP contribution in [0.5, 0.6) is 11.5 Å². The lowest BCUT2D eigenvalue weighted by atomic mass is 10.2. The van der Waals surface area contributed by atoms with E-state index in [9.17, 15) is 9.59 Å². The van der Waals surface area contributed by atoms with Crippen LogP contribution in [0.2, 0.25) is 5.02 Å². The van der Waals surface area contributed by atoms with Gasteiger partial charge >= 0.3 is 0 Å². The third kappa shape index (κ3) is 4.87. The van der Waals surface area contributed by atoms with E-state index in [2.05, 4.69) is 5.32 Å². The van der Waals surface area contributed by atoms with E-state index in [1.54, 1.807) is 32.3 Å². The summed E-state index contributed by atoms with van der Waals surface area (Å²) in [5.74, 6) is 1.29. The molecular formula is C19H19ClN2O4S. The zero-order valence-electron chi connectivity index (χ0n) is 15.0. The molecule has 0 unspecified atom stereocenters. The quantitative estimate of drug-likeness (QED) is 0.769. The van der Waals surface area contributed by atoms with Crippen molar-refractivity contribution in [3.63, 3.8) is 0 Å². The highest BCUT2D eigenvalue weighted by Crippen LogP contribution is 2.34. The molecule has 0 saturated carbocycles. The van der Waals surface area contributed by atoms with Crippen molar-refractivity contribution in [3.8, 4) is 11.5 Å². The van der Waals surface area contributed by atoms with E-state index in [0.717, 1.165) is 10.6 Å². The molecule has 0 spiro atoms. The average molecular weight is 407 g/mol. The molecule has 3 rings (SSSR count). The number of hydrogen-bond acceptors (Lipinski definition) is 5. The normalized spacial score (nSPS) is 12.4. The van der Waals surface area contributed by atoms with Gasteiger partial charge in [0.05, 0.1) is 16.3 Å². The van der Waals surface area contributed by atoms with Crippen LogP contribution in [-0.4, -0.2) is 49.8 Å². The lowest BCUT2D eigenvalue weighted by molar-refractivity contribution is -0.113. The number of carbonyl (C=O) groups excluding carboxylic acids is 2. The standard InChI is InChI=1S/C19H19ClN2O4S/c1-22(2)19(24)14-5-3-12(9-15(14)20)21-18(23)11-27-13-4-6-16-17(10-13)26-8-7-25-16/h3-6,9-10H,7-8,11H2,1-2H3,(H,21,23). The van der Waals surface area contributed by atoms with Gasteiger partial charge in [-0.2, -0.15) is 0 Å². The Kier molecular flexibility index (Phi) is 6.13. The third-order valence-electron chi connectivity index (χ3n) is 3.77. The van der Waals surface area contributed by atoms with Crippen molar-refractivity contribution in [3.05, 3.63) is 47.0 Å². The summed E-state index contributed by atoms with van der Waals surface area (Å²) in [7, 11) is 3.31. The van der Waals surface area contributed by atoms with Gasteiger partial charge < -0.3 is 19.7 Å². The number of thioether (sulfide) groups is 1. The first kappa shape index (κ1) is 19.4. The maximum absolute atomic E-state index is 12.2. The van der Waals surface area contributed by atoms with Gasteiger partial charge in [-0.3, -0.25) is 9.59 Å². The molecule has 0 atom stereocenters. The van der Waals surface area contributed by atoms with Crippen LogP contribution in [0.3, 0.4) is 0 Å². The molecule has 0 aromatic heterocycles.